The molecule has 1 aromatic rings. The average Bonchev–Trinajstić information content (AvgIpc) is 2.47. The van der Waals surface area contributed by atoms with E-state index in [1.54, 1.807) is 0 Å². The molecule has 2 rings (SSSR count). The van der Waals surface area contributed by atoms with Gasteiger partial charge in [0.25, 0.3) is 0 Å². The second-order valence-corrected chi connectivity index (χ2v) is 5.38. The van der Waals surface area contributed by atoms with Crippen LogP contribution in [0.2, 0.25) is 0 Å². The molecule has 1 aromatic carbocycles. The maximum Gasteiger partial charge on any atom is 0.165 e. The monoisotopic (exact) mass is 277 g/mol. The van der Waals surface area contributed by atoms with Crippen LogP contribution in [0, 0.1) is 23.1 Å². The van der Waals surface area contributed by atoms with Crippen molar-refractivity contribution in [1.82, 2.24) is 0 Å². The lowest BCUT2D eigenvalue weighted by molar-refractivity contribution is 0.180. The quantitative estimate of drug-likeness (QED) is 0.892. The minimum atomic E-state index is -0.891. The van der Waals surface area contributed by atoms with E-state index >= 15 is 0 Å². The Hall–Kier alpha value is -1.60. The molecule has 0 aromatic heterocycles. The number of halogens is 1. The van der Waals surface area contributed by atoms with Crippen molar-refractivity contribution in [3.63, 3.8) is 0 Å². The van der Waals surface area contributed by atoms with Crippen molar-refractivity contribution in [2.24, 2.45) is 5.92 Å². The van der Waals surface area contributed by atoms with Crippen LogP contribution >= 0.6 is 0 Å². The number of benzene rings is 1. The van der Waals surface area contributed by atoms with Gasteiger partial charge in [-0.3, -0.25) is 0 Å². The fourth-order valence-corrected chi connectivity index (χ4v) is 2.60. The van der Waals surface area contributed by atoms with Gasteiger partial charge in [0.15, 0.2) is 11.6 Å². The van der Waals surface area contributed by atoms with Gasteiger partial charge in [0, 0.05) is 0 Å². The molecule has 0 saturated heterocycles. The van der Waals surface area contributed by atoms with Crippen LogP contribution in [0.4, 0.5) is 4.39 Å². The van der Waals surface area contributed by atoms with Gasteiger partial charge in [-0.15, -0.1) is 0 Å². The van der Waals surface area contributed by atoms with Crippen molar-refractivity contribution in [2.75, 3.05) is 6.61 Å². The number of aliphatic hydroxyl groups excluding tert-OH is 1. The first kappa shape index (κ1) is 14.8. The molecule has 0 spiro atoms. The van der Waals surface area contributed by atoms with Gasteiger partial charge < -0.3 is 9.84 Å². The normalized spacial score (nSPS) is 17.4. The van der Waals surface area contributed by atoms with E-state index in [0.29, 0.717) is 18.1 Å². The number of nitrogens with zero attached hydrogens (tertiary/aromatic N) is 1. The molecule has 0 amide bonds. The summed E-state index contributed by atoms with van der Waals surface area (Å²) < 4.78 is 19.3. The lowest BCUT2D eigenvalue weighted by atomic mass is 9.90. The van der Waals surface area contributed by atoms with Crippen molar-refractivity contribution in [3.8, 4) is 11.8 Å². The Morgan fingerprint density at radius 1 is 1.35 bits per heavy atom. The summed E-state index contributed by atoms with van der Waals surface area (Å²) in [6.45, 7) is 0.523. The van der Waals surface area contributed by atoms with Gasteiger partial charge in [0.05, 0.1) is 25.2 Å². The Morgan fingerprint density at radius 2 is 2.10 bits per heavy atom. The lowest BCUT2D eigenvalue weighted by Crippen LogP contribution is -2.15. The van der Waals surface area contributed by atoms with Crippen molar-refractivity contribution >= 4 is 0 Å². The molecular weight excluding hydrogens is 257 g/mol. The van der Waals surface area contributed by atoms with Gasteiger partial charge in [-0.2, -0.15) is 5.26 Å². The largest absolute Gasteiger partial charge is 0.490 e. The second kappa shape index (κ2) is 7.25. The molecule has 1 unspecified atom stereocenters. The predicted molar refractivity (Wildman–Crippen MR) is 73.7 cm³/mol. The van der Waals surface area contributed by atoms with Gasteiger partial charge in [-0.05, 0) is 36.5 Å². The smallest absolute Gasteiger partial charge is 0.165 e. The second-order valence-electron chi connectivity index (χ2n) is 5.38. The van der Waals surface area contributed by atoms with E-state index in [2.05, 4.69) is 0 Å². The zero-order valence-electron chi connectivity index (χ0n) is 11.5. The van der Waals surface area contributed by atoms with Crippen molar-refractivity contribution in [3.05, 3.63) is 29.6 Å². The van der Waals surface area contributed by atoms with E-state index in [1.165, 1.54) is 37.5 Å². The molecule has 1 aliphatic rings. The van der Waals surface area contributed by atoms with E-state index in [9.17, 15) is 9.50 Å². The Balaban J connectivity index is 1.99. The Bertz CT molecular complexity index is 478. The molecule has 0 radical (unpaired) electrons. The van der Waals surface area contributed by atoms with Crippen LogP contribution in [0.1, 0.15) is 50.2 Å². The molecule has 3 nitrogen and oxygen atoms in total. The summed E-state index contributed by atoms with van der Waals surface area (Å²) in [6.07, 6.45) is 5.10. The number of ether oxygens (including phenoxy) is 1. The third kappa shape index (κ3) is 3.94. The Labute approximate surface area is 119 Å². The SMILES string of the molecule is N#CCC(O)c1ccc(F)c(OCC2CCCCC2)c1. The zero-order valence-corrected chi connectivity index (χ0v) is 11.5. The van der Waals surface area contributed by atoms with Gasteiger partial charge >= 0.3 is 0 Å². The standard InChI is InChI=1S/C16H20FNO2/c17-14-7-6-13(15(19)8-9-18)10-16(14)20-11-12-4-2-1-3-5-12/h6-7,10,12,15,19H,1-5,8,11H2. The molecule has 1 fully saturated rings. The molecular formula is C16H20FNO2. The highest BCUT2D eigenvalue weighted by Crippen LogP contribution is 2.27. The van der Waals surface area contributed by atoms with Crippen molar-refractivity contribution in [1.29, 1.82) is 5.26 Å². The fraction of sp³-hybridized carbons (Fsp3) is 0.562. The Morgan fingerprint density at radius 3 is 2.80 bits per heavy atom. The van der Waals surface area contributed by atoms with Gasteiger partial charge in [-0.25, -0.2) is 4.39 Å². The van der Waals surface area contributed by atoms with E-state index in [4.69, 9.17) is 10.00 Å². The number of aliphatic hydroxyl groups is 1. The van der Waals surface area contributed by atoms with Crippen LogP contribution in [-0.2, 0) is 0 Å². The van der Waals surface area contributed by atoms with Crippen molar-refractivity contribution < 1.29 is 14.2 Å². The molecule has 108 valence electrons. The third-order valence-electron chi connectivity index (χ3n) is 3.82. The molecule has 1 N–H and O–H groups in total. The molecule has 4 heteroatoms. The summed E-state index contributed by atoms with van der Waals surface area (Å²) in [7, 11) is 0. The van der Waals surface area contributed by atoms with Gasteiger partial charge in [-0.1, -0.05) is 25.3 Å². The van der Waals surface area contributed by atoms with Crippen molar-refractivity contribution in [2.45, 2.75) is 44.6 Å². The molecule has 1 aliphatic carbocycles. The van der Waals surface area contributed by atoms with Crippen LogP contribution in [0.15, 0.2) is 18.2 Å². The van der Waals surface area contributed by atoms with E-state index in [1.807, 2.05) is 6.07 Å². The predicted octanol–water partition coefficient (Wildman–Crippen LogP) is 3.73. The molecule has 1 saturated carbocycles. The fourth-order valence-electron chi connectivity index (χ4n) is 2.60. The highest BCUT2D eigenvalue weighted by atomic mass is 19.1. The Kier molecular flexibility index (Phi) is 5.37. The van der Waals surface area contributed by atoms with Gasteiger partial charge in [0.2, 0.25) is 0 Å². The minimum Gasteiger partial charge on any atom is -0.490 e. The first-order chi connectivity index (χ1) is 9.70. The highest BCUT2D eigenvalue weighted by molar-refractivity contribution is 5.32. The summed E-state index contributed by atoms with van der Waals surface area (Å²) in [5, 5.41) is 18.3. The maximum atomic E-state index is 13.7. The summed E-state index contributed by atoms with van der Waals surface area (Å²) in [5.41, 5.74) is 0.520. The van der Waals surface area contributed by atoms with Crippen LogP contribution in [-0.4, -0.2) is 11.7 Å². The first-order valence-electron chi connectivity index (χ1n) is 7.18. The first-order valence-corrected chi connectivity index (χ1v) is 7.18. The van der Waals surface area contributed by atoms with Gasteiger partial charge in [0.1, 0.15) is 0 Å². The average molecular weight is 277 g/mol. The number of rotatable bonds is 5. The van der Waals surface area contributed by atoms with Crippen LogP contribution in [0.25, 0.3) is 0 Å². The summed E-state index contributed by atoms with van der Waals surface area (Å²) in [5.74, 6) is 0.245. The van der Waals surface area contributed by atoms with Crippen LogP contribution in [0.5, 0.6) is 5.75 Å². The lowest BCUT2D eigenvalue weighted by Gasteiger charge is -2.22. The zero-order chi connectivity index (χ0) is 14.4. The number of hydrogen-bond donors (Lipinski definition) is 1. The maximum absolute atomic E-state index is 13.7. The molecule has 1 atom stereocenters. The molecule has 0 bridgehead atoms. The highest BCUT2D eigenvalue weighted by Gasteiger charge is 2.16. The van der Waals surface area contributed by atoms with E-state index < -0.39 is 11.9 Å². The summed E-state index contributed by atoms with van der Waals surface area (Å²) in [6, 6.07) is 6.17. The summed E-state index contributed by atoms with van der Waals surface area (Å²) >= 11 is 0. The number of nitriles is 1. The topological polar surface area (TPSA) is 53.2 Å². The van der Waals surface area contributed by atoms with Crippen LogP contribution < -0.4 is 4.74 Å². The molecule has 20 heavy (non-hydrogen) atoms. The molecule has 0 aliphatic heterocycles. The minimum absolute atomic E-state index is 0.00625. The van der Waals surface area contributed by atoms with E-state index in [0.717, 1.165) is 12.8 Å². The number of hydrogen-bond acceptors (Lipinski definition) is 3. The summed E-state index contributed by atoms with van der Waals surface area (Å²) in [4.78, 5) is 0. The van der Waals surface area contributed by atoms with Crippen LogP contribution in [0.3, 0.4) is 0 Å². The van der Waals surface area contributed by atoms with E-state index in [-0.39, 0.29) is 12.2 Å². The molecule has 0 heterocycles. The third-order valence-corrected chi connectivity index (χ3v) is 3.82.